The highest BCUT2D eigenvalue weighted by Crippen LogP contribution is 2.21. The van der Waals surface area contributed by atoms with Crippen LogP contribution in [0, 0.1) is 0 Å². The molecule has 322 valence electrons. The predicted molar refractivity (Wildman–Crippen MR) is 235 cm³/mol. The zero-order chi connectivity index (χ0) is 39.8. The van der Waals surface area contributed by atoms with Crippen LogP contribution in [0.1, 0.15) is 265 Å². The van der Waals surface area contributed by atoms with Gasteiger partial charge in [-0.25, -0.2) is 4.79 Å². The molecule has 0 aliphatic rings. The zero-order valence-corrected chi connectivity index (χ0v) is 37.8. The van der Waals surface area contributed by atoms with E-state index in [4.69, 9.17) is 9.47 Å². The second-order valence-electron chi connectivity index (χ2n) is 18.0. The molecule has 1 unspecified atom stereocenters. The van der Waals surface area contributed by atoms with Gasteiger partial charge >= 0.3 is 11.9 Å². The van der Waals surface area contributed by atoms with Gasteiger partial charge in [0.2, 0.25) is 0 Å². The summed E-state index contributed by atoms with van der Waals surface area (Å²) in [6.45, 7) is 7.32. The Balaban J connectivity index is 4.59. The lowest BCUT2D eigenvalue weighted by Crippen LogP contribution is -2.50. The number of carbonyl (C=O) groups excluding carboxylic acids is 2. The van der Waals surface area contributed by atoms with Crippen molar-refractivity contribution in [3.05, 3.63) is 0 Å². The molecular weight excluding hydrogens is 667 g/mol. The predicted octanol–water partition coefficient (Wildman–Crippen LogP) is 15.4. The van der Waals surface area contributed by atoms with E-state index in [1.807, 2.05) is 21.1 Å². The van der Waals surface area contributed by atoms with E-state index in [1.165, 1.54) is 193 Å². The summed E-state index contributed by atoms with van der Waals surface area (Å²) in [6, 6.07) is -0.355. The molecule has 0 rings (SSSR count). The minimum atomic E-state index is -0.355. The van der Waals surface area contributed by atoms with Crippen molar-refractivity contribution < 1.29 is 23.5 Å². The van der Waals surface area contributed by atoms with Crippen molar-refractivity contribution in [1.82, 2.24) is 0 Å². The molecule has 1 atom stereocenters. The van der Waals surface area contributed by atoms with E-state index in [-0.39, 0.29) is 30.5 Å². The van der Waals surface area contributed by atoms with E-state index in [1.54, 1.807) is 0 Å². The first-order chi connectivity index (χ1) is 26.3. The van der Waals surface area contributed by atoms with Gasteiger partial charge in [-0.05, 0) is 32.1 Å². The molecule has 0 aliphatic heterocycles. The molecular formula is C49H98NO4+. The normalized spacial score (nSPS) is 12.4. The van der Waals surface area contributed by atoms with Gasteiger partial charge < -0.3 is 14.0 Å². The van der Waals surface area contributed by atoms with E-state index in [2.05, 4.69) is 20.8 Å². The minimum Gasteiger partial charge on any atom is -0.462 e. The van der Waals surface area contributed by atoms with Crippen molar-refractivity contribution >= 4 is 11.9 Å². The van der Waals surface area contributed by atoms with Gasteiger partial charge in [0.15, 0.2) is 6.04 Å². The molecule has 0 saturated carbocycles. The number of likely N-dealkylation sites (N-methyl/N-ethyl adjacent to an activating group) is 1. The van der Waals surface area contributed by atoms with Crippen LogP contribution >= 0.6 is 0 Å². The molecule has 0 spiro atoms. The summed E-state index contributed by atoms with van der Waals surface area (Å²) in [5, 5.41) is 0. The van der Waals surface area contributed by atoms with E-state index < -0.39 is 0 Å². The lowest BCUT2D eigenvalue weighted by molar-refractivity contribution is -0.887. The summed E-state index contributed by atoms with van der Waals surface area (Å²) >= 11 is 0. The third kappa shape index (κ3) is 36.5. The maximum absolute atomic E-state index is 13.2. The third-order valence-corrected chi connectivity index (χ3v) is 11.6. The monoisotopic (exact) mass is 765 g/mol. The van der Waals surface area contributed by atoms with Crippen LogP contribution in [0.3, 0.4) is 0 Å². The maximum Gasteiger partial charge on any atom is 0.364 e. The number of esters is 2. The first-order valence-electron chi connectivity index (χ1n) is 24.4. The number of quaternary nitrogens is 1. The van der Waals surface area contributed by atoms with Gasteiger partial charge in [0.1, 0.15) is 6.10 Å². The maximum atomic E-state index is 13.2. The summed E-state index contributed by atoms with van der Waals surface area (Å²) in [4.78, 5) is 26.4. The average Bonchev–Trinajstić information content (AvgIpc) is 3.14. The topological polar surface area (TPSA) is 52.6 Å². The smallest absolute Gasteiger partial charge is 0.364 e. The number of ether oxygens (including phenoxy) is 2. The lowest BCUT2D eigenvalue weighted by Gasteiger charge is -2.32. The summed E-state index contributed by atoms with van der Waals surface area (Å²) in [5.74, 6) is -0.311. The van der Waals surface area contributed by atoms with Crippen molar-refractivity contribution in [2.75, 3.05) is 27.7 Å². The molecule has 5 heteroatoms. The molecule has 0 fully saturated rings. The molecule has 0 aromatic carbocycles. The molecule has 0 amide bonds. The van der Waals surface area contributed by atoms with Crippen LogP contribution < -0.4 is 0 Å². The van der Waals surface area contributed by atoms with E-state index in [0.717, 1.165) is 38.5 Å². The van der Waals surface area contributed by atoms with Crippen molar-refractivity contribution in [2.24, 2.45) is 0 Å². The average molecular weight is 765 g/mol. The Morgan fingerprint density at radius 3 is 1.02 bits per heavy atom. The Kier molecular flexibility index (Phi) is 39.3. The van der Waals surface area contributed by atoms with Gasteiger partial charge in [0.25, 0.3) is 0 Å². The van der Waals surface area contributed by atoms with Gasteiger partial charge in [0, 0.05) is 6.42 Å². The molecule has 0 N–H and O–H groups in total. The largest absolute Gasteiger partial charge is 0.462 e. The quantitative estimate of drug-likeness (QED) is 0.0352. The molecule has 0 heterocycles. The van der Waals surface area contributed by atoms with Crippen molar-refractivity contribution in [2.45, 2.75) is 277 Å². The first kappa shape index (κ1) is 52.9. The van der Waals surface area contributed by atoms with E-state index >= 15 is 0 Å². The summed E-state index contributed by atoms with van der Waals surface area (Å²) in [5.41, 5.74) is 0. The molecule has 0 aromatic heterocycles. The Morgan fingerprint density at radius 1 is 0.407 bits per heavy atom. The standard InChI is InChI=1S/C49H98NO4/c1-7-10-13-16-19-22-25-27-29-32-35-38-41-46(42-39-36-33-30-28-26-23-20-17-14-11-8-2)54-48(51)44-43-47(50(4,5)6)49(52)53-45-40-37-34-31-24-21-18-15-12-9-3/h46-47H,7-45H2,1-6H3/q+1. The van der Waals surface area contributed by atoms with Crippen LogP contribution in [0.15, 0.2) is 0 Å². The number of nitrogens with zero attached hydrogens (tertiary/aromatic N) is 1. The lowest BCUT2D eigenvalue weighted by atomic mass is 10.0. The number of unbranched alkanes of at least 4 members (excludes halogenated alkanes) is 31. The SMILES string of the molecule is CCCCCCCCCCCCCCC(CCCCCCCCCCCCCC)OC(=O)CCC(C(=O)OCCCCCCCCCCCC)[N+](C)(C)C. The number of hydrogen-bond donors (Lipinski definition) is 0. The number of carbonyl (C=O) groups is 2. The molecule has 0 saturated heterocycles. The highest BCUT2D eigenvalue weighted by atomic mass is 16.5. The van der Waals surface area contributed by atoms with Gasteiger partial charge in [-0.3, -0.25) is 4.79 Å². The van der Waals surface area contributed by atoms with Gasteiger partial charge in [0.05, 0.1) is 34.2 Å². The van der Waals surface area contributed by atoms with Crippen molar-refractivity contribution in [3.8, 4) is 0 Å². The van der Waals surface area contributed by atoms with Crippen molar-refractivity contribution in [3.63, 3.8) is 0 Å². The highest BCUT2D eigenvalue weighted by Gasteiger charge is 2.34. The minimum absolute atomic E-state index is 0.00890. The molecule has 0 aliphatic carbocycles. The fourth-order valence-corrected chi connectivity index (χ4v) is 7.87. The van der Waals surface area contributed by atoms with Crippen LogP contribution in [-0.4, -0.2) is 56.3 Å². The van der Waals surface area contributed by atoms with E-state index in [9.17, 15) is 9.59 Å². The second kappa shape index (κ2) is 40.1. The highest BCUT2D eigenvalue weighted by molar-refractivity contribution is 5.76. The van der Waals surface area contributed by atoms with Crippen LogP contribution in [-0.2, 0) is 19.1 Å². The summed E-state index contributed by atoms with van der Waals surface area (Å²) in [7, 11) is 6.09. The second-order valence-corrected chi connectivity index (χ2v) is 18.0. The van der Waals surface area contributed by atoms with Crippen molar-refractivity contribution in [1.29, 1.82) is 0 Å². The summed E-state index contributed by atoms with van der Waals surface area (Å²) < 4.78 is 12.4. The molecule has 0 bridgehead atoms. The molecule has 0 radical (unpaired) electrons. The van der Waals surface area contributed by atoms with Gasteiger partial charge in [-0.1, -0.05) is 220 Å². The molecule has 0 aromatic rings. The molecule has 5 nitrogen and oxygen atoms in total. The Morgan fingerprint density at radius 2 is 0.704 bits per heavy atom. The van der Waals surface area contributed by atoms with Gasteiger partial charge in [-0.2, -0.15) is 0 Å². The van der Waals surface area contributed by atoms with Crippen LogP contribution in [0.5, 0.6) is 0 Å². The third-order valence-electron chi connectivity index (χ3n) is 11.6. The van der Waals surface area contributed by atoms with Gasteiger partial charge in [-0.15, -0.1) is 0 Å². The van der Waals surface area contributed by atoms with Crippen LogP contribution in [0.4, 0.5) is 0 Å². The number of rotatable bonds is 43. The van der Waals surface area contributed by atoms with Crippen LogP contribution in [0.2, 0.25) is 0 Å². The Labute approximate surface area is 339 Å². The molecule has 54 heavy (non-hydrogen) atoms. The Bertz CT molecular complexity index is 765. The van der Waals surface area contributed by atoms with Crippen LogP contribution in [0.25, 0.3) is 0 Å². The van der Waals surface area contributed by atoms with E-state index in [0.29, 0.717) is 17.5 Å². The Hall–Kier alpha value is -1.10. The number of hydrogen-bond acceptors (Lipinski definition) is 4. The zero-order valence-electron chi connectivity index (χ0n) is 37.8. The summed E-state index contributed by atoms with van der Waals surface area (Å²) in [6.07, 6.45) is 47.5. The first-order valence-corrected chi connectivity index (χ1v) is 24.4. The fourth-order valence-electron chi connectivity index (χ4n) is 7.87. The fraction of sp³-hybridized carbons (Fsp3) is 0.959.